The molecule has 7 aromatic rings. The van der Waals surface area contributed by atoms with Crippen LogP contribution >= 0.6 is 0 Å². The van der Waals surface area contributed by atoms with Gasteiger partial charge in [-0.2, -0.15) is 21.0 Å². The summed E-state index contributed by atoms with van der Waals surface area (Å²) in [5, 5.41) is 39.2. The first-order valence-corrected chi connectivity index (χ1v) is 17.6. The summed E-state index contributed by atoms with van der Waals surface area (Å²) < 4.78 is 60.1. The van der Waals surface area contributed by atoms with Gasteiger partial charge in [-0.1, -0.05) is 38.1 Å². The Bertz CT molecular complexity index is 2890. The van der Waals surface area contributed by atoms with Crippen LogP contribution in [-0.4, -0.2) is 0 Å². The van der Waals surface area contributed by atoms with Crippen molar-refractivity contribution in [2.24, 2.45) is 0 Å². The summed E-state index contributed by atoms with van der Waals surface area (Å²) in [5.41, 5.74) is 5.31. The second kappa shape index (κ2) is 13.7. The Labute approximate surface area is 325 Å². The van der Waals surface area contributed by atoms with E-state index in [0.29, 0.717) is 34.1 Å². The molecule has 1 aliphatic carbocycles. The molecule has 0 bridgehead atoms. The van der Waals surface area contributed by atoms with E-state index in [1.54, 1.807) is 34.1 Å². The zero-order chi connectivity index (χ0) is 40.2. The van der Waals surface area contributed by atoms with Crippen molar-refractivity contribution in [2.45, 2.75) is 19.3 Å². The van der Waals surface area contributed by atoms with Gasteiger partial charge in [0.15, 0.2) is 0 Å². The largest absolute Gasteiger partial charge is 0.310 e. The molecule has 0 amide bonds. The maximum absolute atomic E-state index is 15.1. The molecule has 0 saturated carbocycles. The fourth-order valence-electron chi connectivity index (χ4n) is 7.74. The molecule has 10 heteroatoms. The number of anilines is 6. The number of nitrogens with zero attached hydrogens (tertiary/aromatic N) is 6. The molecule has 0 saturated heterocycles. The standard InChI is InChI=1S/C47H26F4N6/c1-47(2)41-18-33(57(36-10-5-30(25-54)44(50)21-36)37-11-6-31(26-55)45(51)22-37)13-16-39(41)40-14-7-27-17-32(12-15-38(27)46(40)47)56(34-8-3-28(23-52)42(48)19-34)35-9-4-29(24-53)43(49)20-35/h3-22H,1-2H3. The summed E-state index contributed by atoms with van der Waals surface area (Å²) in [5.74, 6) is -2.94. The second-order valence-corrected chi connectivity index (χ2v) is 14.0. The van der Waals surface area contributed by atoms with Crippen molar-refractivity contribution in [3.63, 3.8) is 0 Å². The zero-order valence-electron chi connectivity index (χ0n) is 30.2. The first-order valence-electron chi connectivity index (χ1n) is 17.6. The lowest BCUT2D eigenvalue weighted by Gasteiger charge is -2.29. The smallest absolute Gasteiger partial charge is 0.143 e. The zero-order valence-corrected chi connectivity index (χ0v) is 30.2. The van der Waals surface area contributed by atoms with Gasteiger partial charge in [0, 0.05) is 39.5 Å². The monoisotopic (exact) mass is 750 g/mol. The van der Waals surface area contributed by atoms with E-state index < -0.39 is 28.7 Å². The van der Waals surface area contributed by atoms with Gasteiger partial charge in [0.2, 0.25) is 0 Å². The molecular formula is C47H26F4N6. The molecule has 0 aliphatic heterocycles. The Morgan fingerprint density at radius 3 is 1.18 bits per heavy atom. The number of nitriles is 4. The molecule has 1 aliphatic rings. The Morgan fingerprint density at radius 2 is 0.772 bits per heavy atom. The van der Waals surface area contributed by atoms with Crippen molar-refractivity contribution >= 4 is 44.9 Å². The fourth-order valence-corrected chi connectivity index (χ4v) is 7.74. The van der Waals surface area contributed by atoms with E-state index in [-0.39, 0.29) is 22.3 Å². The molecule has 0 atom stereocenters. The average Bonchev–Trinajstić information content (AvgIpc) is 3.44. The van der Waals surface area contributed by atoms with Crippen LogP contribution in [0.1, 0.15) is 47.2 Å². The van der Waals surface area contributed by atoms with Crippen LogP contribution in [0.3, 0.4) is 0 Å². The fraction of sp³-hybridized carbons (Fsp3) is 0.0638. The van der Waals surface area contributed by atoms with Crippen LogP contribution in [0.2, 0.25) is 0 Å². The van der Waals surface area contributed by atoms with E-state index in [9.17, 15) is 21.0 Å². The van der Waals surface area contributed by atoms with Gasteiger partial charge in [0.25, 0.3) is 0 Å². The van der Waals surface area contributed by atoms with Crippen molar-refractivity contribution < 1.29 is 17.6 Å². The SMILES string of the molecule is CC1(C)c2cc(N(c3ccc(C#N)c(F)c3)c3ccc(C#N)c(F)c3)ccc2-c2ccc3cc(N(c4ccc(C#N)c(F)c4)c4ccc(C#N)c(F)c4)ccc3c21. The van der Waals surface area contributed by atoms with Crippen LogP contribution in [0.5, 0.6) is 0 Å². The van der Waals surface area contributed by atoms with Crippen LogP contribution in [0, 0.1) is 68.6 Å². The summed E-state index contributed by atoms with van der Waals surface area (Å²) in [7, 11) is 0. The third-order valence-electron chi connectivity index (χ3n) is 10.4. The minimum atomic E-state index is -0.737. The van der Waals surface area contributed by atoms with E-state index in [4.69, 9.17) is 0 Å². The first kappa shape index (κ1) is 36.1. The van der Waals surface area contributed by atoms with Crippen molar-refractivity contribution in [3.8, 4) is 35.4 Å². The molecule has 6 nitrogen and oxygen atoms in total. The van der Waals surface area contributed by atoms with Gasteiger partial charge in [-0.15, -0.1) is 0 Å². The highest BCUT2D eigenvalue weighted by atomic mass is 19.1. The topological polar surface area (TPSA) is 102 Å². The van der Waals surface area contributed by atoms with Gasteiger partial charge in [-0.3, -0.25) is 0 Å². The average molecular weight is 751 g/mol. The molecule has 0 unspecified atom stereocenters. The second-order valence-electron chi connectivity index (χ2n) is 14.0. The maximum atomic E-state index is 15.1. The predicted octanol–water partition coefficient (Wildman–Crippen LogP) is 12.1. The highest BCUT2D eigenvalue weighted by Gasteiger charge is 2.38. The minimum Gasteiger partial charge on any atom is -0.310 e. The first-order chi connectivity index (χ1) is 27.5. The molecule has 0 N–H and O–H groups in total. The molecular weight excluding hydrogens is 725 g/mol. The number of halogens is 4. The molecule has 0 radical (unpaired) electrons. The highest BCUT2D eigenvalue weighted by molar-refractivity contribution is 6.00. The number of fused-ring (bicyclic) bond motifs is 5. The third kappa shape index (κ3) is 5.94. The Kier molecular flexibility index (Phi) is 8.69. The summed E-state index contributed by atoms with van der Waals surface area (Å²) in [6, 6.07) is 39.4. The van der Waals surface area contributed by atoms with E-state index in [2.05, 4.69) is 13.8 Å². The Balaban J connectivity index is 1.25. The van der Waals surface area contributed by atoms with Crippen molar-refractivity contribution in [1.82, 2.24) is 0 Å². The summed E-state index contributed by atoms with van der Waals surface area (Å²) >= 11 is 0. The van der Waals surface area contributed by atoms with Gasteiger partial charge in [-0.25, -0.2) is 17.6 Å². The number of hydrogen-bond acceptors (Lipinski definition) is 6. The van der Waals surface area contributed by atoms with Crippen molar-refractivity contribution in [2.75, 3.05) is 9.80 Å². The Hall–Kier alpha value is -7.92. The molecule has 272 valence electrons. The molecule has 0 aromatic heterocycles. The van der Waals surface area contributed by atoms with Gasteiger partial charge in [0.1, 0.15) is 47.5 Å². The van der Waals surface area contributed by atoms with Crippen LogP contribution < -0.4 is 9.80 Å². The molecule has 0 fully saturated rings. The van der Waals surface area contributed by atoms with Gasteiger partial charge >= 0.3 is 0 Å². The molecule has 7 aromatic carbocycles. The number of hydrogen-bond donors (Lipinski definition) is 0. The van der Waals surface area contributed by atoms with Crippen molar-refractivity contribution in [3.05, 3.63) is 178 Å². The van der Waals surface area contributed by atoms with Gasteiger partial charge in [0.05, 0.1) is 22.3 Å². The third-order valence-corrected chi connectivity index (χ3v) is 10.4. The van der Waals surface area contributed by atoms with Crippen LogP contribution in [0.25, 0.3) is 21.9 Å². The number of benzene rings is 7. The van der Waals surface area contributed by atoms with Crippen LogP contribution in [-0.2, 0) is 5.41 Å². The molecule has 0 heterocycles. The normalized spacial score (nSPS) is 12.1. The molecule has 57 heavy (non-hydrogen) atoms. The van der Waals surface area contributed by atoms with E-state index in [1.807, 2.05) is 72.8 Å². The Morgan fingerprint density at radius 1 is 0.421 bits per heavy atom. The lowest BCUT2D eigenvalue weighted by molar-refractivity contribution is 0.622. The van der Waals surface area contributed by atoms with Crippen molar-refractivity contribution in [1.29, 1.82) is 21.0 Å². The lowest BCUT2D eigenvalue weighted by Crippen LogP contribution is -2.17. The van der Waals surface area contributed by atoms with E-state index in [1.165, 1.54) is 48.5 Å². The lowest BCUT2D eigenvalue weighted by atomic mass is 9.80. The maximum Gasteiger partial charge on any atom is 0.143 e. The summed E-state index contributed by atoms with van der Waals surface area (Å²) in [6.45, 7) is 4.18. The highest BCUT2D eigenvalue weighted by Crippen LogP contribution is 2.53. The minimum absolute atomic E-state index is 0.137. The quantitative estimate of drug-likeness (QED) is 0.157. The molecule has 8 rings (SSSR count). The van der Waals surface area contributed by atoms with Gasteiger partial charge in [-0.05, 0) is 130 Å². The summed E-state index contributed by atoms with van der Waals surface area (Å²) in [4.78, 5) is 3.32. The summed E-state index contributed by atoms with van der Waals surface area (Å²) in [6.07, 6.45) is 0. The number of rotatable bonds is 6. The van der Waals surface area contributed by atoms with E-state index in [0.717, 1.165) is 33.0 Å². The van der Waals surface area contributed by atoms with Crippen LogP contribution in [0.4, 0.5) is 51.7 Å². The molecule has 0 spiro atoms. The predicted molar refractivity (Wildman–Crippen MR) is 210 cm³/mol. The van der Waals surface area contributed by atoms with Crippen LogP contribution in [0.15, 0.2) is 121 Å². The van der Waals surface area contributed by atoms with Gasteiger partial charge < -0.3 is 9.80 Å². The van der Waals surface area contributed by atoms with E-state index >= 15 is 17.6 Å².